The Balaban J connectivity index is 2.83. The van der Waals surface area contributed by atoms with Crippen LogP contribution in [-0.2, 0) is 41.9 Å². The SMILES string of the molecule is CCC(NC(=O)O)(c1c(O)c(=O)ccn1CC(O)CO)N(C(=O)O)C(c1ccccc1)(C(CC)(NC(=O)O)c1c(O)c(=O)ccn1CC(O)CO)C(CC)(NC(=O)O)c1c(O)c(=O)ccn1CC(O)CO. The van der Waals surface area contributed by atoms with E-state index in [0.717, 1.165) is 65.2 Å². The van der Waals surface area contributed by atoms with Crippen LogP contribution in [0.5, 0.6) is 17.2 Å². The molecule has 16 N–H and O–H groups in total. The Hall–Kier alpha value is -7.69. The molecule has 0 aliphatic heterocycles. The van der Waals surface area contributed by atoms with Gasteiger partial charge in [-0.3, -0.25) is 24.6 Å². The van der Waals surface area contributed by atoms with Gasteiger partial charge in [-0.2, -0.15) is 0 Å². The fourth-order valence-corrected chi connectivity index (χ4v) is 9.81. The first kappa shape index (κ1) is 55.9. The molecule has 0 radical (unpaired) electrons. The van der Waals surface area contributed by atoms with E-state index in [-0.39, 0.29) is 4.90 Å². The molecule has 1 aromatic carbocycles. The second-order valence-corrected chi connectivity index (χ2v) is 16.3. The number of nitrogens with one attached hydrogen (secondary N) is 3. The first-order chi connectivity index (χ1) is 33.4. The molecule has 0 saturated heterocycles. The first-order valence-corrected chi connectivity index (χ1v) is 21.7. The average molecular weight is 1000 g/mol. The number of benzene rings is 1. The molecule has 27 nitrogen and oxygen atoms in total. The van der Waals surface area contributed by atoms with Crippen LogP contribution in [0.4, 0.5) is 19.2 Å². The van der Waals surface area contributed by atoms with Crippen molar-refractivity contribution < 1.29 is 85.6 Å². The van der Waals surface area contributed by atoms with E-state index in [2.05, 4.69) is 10.6 Å². The van der Waals surface area contributed by atoms with Crippen molar-refractivity contribution in [2.24, 2.45) is 0 Å². The molecule has 3 heterocycles. The number of aromatic nitrogens is 3. The Morgan fingerprint density at radius 1 is 0.535 bits per heavy atom. The van der Waals surface area contributed by atoms with Crippen LogP contribution in [0.25, 0.3) is 0 Å². The van der Waals surface area contributed by atoms with Crippen LogP contribution in [0.2, 0.25) is 0 Å². The van der Waals surface area contributed by atoms with Gasteiger partial charge in [-0.1, -0.05) is 51.1 Å². The number of hydrogen-bond acceptors (Lipinski definition) is 16. The number of amides is 4. The number of aliphatic hydroxyl groups excluding tert-OH is 6. The largest absolute Gasteiger partial charge is 0.503 e. The fourth-order valence-electron chi connectivity index (χ4n) is 9.81. The van der Waals surface area contributed by atoms with Crippen molar-refractivity contribution in [1.29, 1.82) is 0 Å². The van der Waals surface area contributed by atoms with Gasteiger partial charge in [0.15, 0.2) is 22.9 Å². The summed E-state index contributed by atoms with van der Waals surface area (Å²) in [4.78, 5) is 98.6. The Bertz CT molecular complexity index is 2660. The van der Waals surface area contributed by atoms with E-state index in [1.807, 2.05) is 5.32 Å². The average Bonchev–Trinajstić information content (AvgIpc) is 3.32. The minimum absolute atomic E-state index is 0.0338. The topological polar surface area (TPSA) is 437 Å². The molecule has 0 aliphatic carbocycles. The third-order valence-electron chi connectivity index (χ3n) is 12.4. The molecule has 4 amide bonds. The van der Waals surface area contributed by atoms with Gasteiger partial charge in [0.25, 0.3) is 0 Å². The van der Waals surface area contributed by atoms with Crippen LogP contribution in [0.3, 0.4) is 0 Å². The van der Waals surface area contributed by atoms with Crippen molar-refractivity contribution >= 4 is 24.4 Å². The predicted octanol–water partition coefficient (Wildman–Crippen LogP) is -0.800. The molecule has 27 heteroatoms. The van der Waals surface area contributed by atoms with Crippen LogP contribution in [0.15, 0.2) is 81.5 Å². The van der Waals surface area contributed by atoms with Crippen LogP contribution in [0, 0.1) is 0 Å². The molecule has 388 valence electrons. The molecule has 0 aliphatic rings. The summed E-state index contributed by atoms with van der Waals surface area (Å²) in [5.41, 5.74) is -22.1. The summed E-state index contributed by atoms with van der Waals surface area (Å²) in [6.45, 7) is -2.62. The Morgan fingerprint density at radius 3 is 1.17 bits per heavy atom. The van der Waals surface area contributed by atoms with Gasteiger partial charge < -0.3 is 90.7 Å². The molecule has 71 heavy (non-hydrogen) atoms. The zero-order valence-corrected chi connectivity index (χ0v) is 38.4. The lowest BCUT2D eigenvalue weighted by Crippen LogP contribution is -2.83. The van der Waals surface area contributed by atoms with Crippen molar-refractivity contribution in [3.05, 3.63) is 120 Å². The lowest BCUT2D eigenvalue weighted by Gasteiger charge is -2.66. The maximum Gasteiger partial charge on any atom is 0.410 e. The number of nitrogens with zero attached hydrogens (tertiary/aromatic N) is 4. The molecule has 3 aromatic heterocycles. The van der Waals surface area contributed by atoms with Crippen LogP contribution < -0.4 is 32.2 Å². The second kappa shape index (κ2) is 22.4. The monoisotopic (exact) mass is 1000 g/mol. The van der Waals surface area contributed by atoms with E-state index in [9.17, 15) is 95.2 Å². The highest BCUT2D eigenvalue weighted by Gasteiger charge is 2.76. The Morgan fingerprint density at radius 2 is 0.873 bits per heavy atom. The Kier molecular flexibility index (Phi) is 17.6. The lowest BCUT2D eigenvalue weighted by molar-refractivity contribution is -0.142. The molecule has 4 aromatic rings. The second-order valence-electron chi connectivity index (χ2n) is 16.3. The van der Waals surface area contributed by atoms with E-state index < -0.39 is 180 Å². The number of carbonyl (C=O) groups is 4. The highest BCUT2D eigenvalue weighted by molar-refractivity contribution is 5.77. The summed E-state index contributed by atoms with van der Waals surface area (Å²) < 4.78 is 2.28. The van der Waals surface area contributed by atoms with Gasteiger partial charge in [-0.25, -0.2) is 19.2 Å². The minimum atomic E-state index is -3.75. The fraction of sp³-hybridized carbons (Fsp3) is 0.432. The number of hydrogen-bond donors (Lipinski definition) is 16. The van der Waals surface area contributed by atoms with Gasteiger partial charge in [-0.05, 0) is 24.8 Å². The number of aromatic hydroxyl groups is 3. The van der Waals surface area contributed by atoms with E-state index in [4.69, 9.17) is 0 Å². The third-order valence-corrected chi connectivity index (χ3v) is 12.4. The molecular weight excluding hydrogens is 947 g/mol. The molecule has 0 fully saturated rings. The maximum atomic E-state index is 15.4. The third kappa shape index (κ3) is 9.90. The summed E-state index contributed by atoms with van der Waals surface area (Å²) in [7, 11) is 0. The normalized spacial score (nSPS) is 16.1. The van der Waals surface area contributed by atoms with Crippen LogP contribution in [0.1, 0.15) is 62.7 Å². The molecule has 6 unspecified atom stereocenters. The van der Waals surface area contributed by atoms with Gasteiger partial charge >= 0.3 is 24.4 Å². The molecule has 6 atom stereocenters. The van der Waals surface area contributed by atoms with Gasteiger partial charge in [0.05, 0.1) is 69.2 Å². The molecule has 0 bridgehead atoms. The van der Waals surface area contributed by atoms with E-state index in [1.54, 1.807) is 0 Å². The van der Waals surface area contributed by atoms with Gasteiger partial charge in [-0.15, -0.1) is 0 Å². The maximum absolute atomic E-state index is 15.4. The summed E-state index contributed by atoms with van der Waals surface area (Å²) in [5, 5.41) is 152. The van der Waals surface area contributed by atoms with Crippen molar-refractivity contribution in [3.63, 3.8) is 0 Å². The van der Waals surface area contributed by atoms with Gasteiger partial charge in [0.2, 0.25) is 16.3 Å². The number of pyridine rings is 3. The number of carboxylic acid groups (broad SMARTS) is 4. The van der Waals surface area contributed by atoms with Crippen molar-refractivity contribution in [3.8, 4) is 17.2 Å². The Labute approximate surface area is 401 Å². The van der Waals surface area contributed by atoms with E-state index in [0.29, 0.717) is 18.2 Å². The molecule has 0 saturated carbocycles. The summed E-state index contributed by atoms with van der Waals surface area (Å²) in [6.07, 6.45) is -15.2. The summed E-state index contributed by atoms with van der Waals surface area (Å²) in [5.74, 6) is -4.41. The van der Waals surface area contributed by atoms with E-state index in [1.165, 1.54) is 18.2 Å². The number of aliphatic hydroxyl groups is 6. The van der Waals surface area contributed by atoms with E-state index >= 15 is 4.79 Å². The highest BCUT2D eigenvalue weighted by Crippen LogP contribution is 2.63. The van der Waals surface area contributed by atoms with Crippen LogP contribution in [-0.4, -0.2) is 147 Å². The zero-order chi connectivity index (χ0) is 53.4. The highest BCUT2D eigenvalue weighted by atomic mass is 16.4. The zero-order valence-electron chi connectivity index (χ0n) is 38.4. The van der Waals surface area contributed by atoms with Gasteiger partial charge in [0, 0.05) is 36.8 Å². The predicted molar refractivity (Wildman–Crippen MR) is 244 cm³/mol. The first-order valence-electron chi connectivity index (χ1n) is 21.7. The number of rotatable bonds is 23. The van der Waals surface area contributed by atoms with Crippen LogP contribution >= 0.6 is 0 Å². The summed E-state index contributed by atoms with van der Waals surface area (Å²) >= 11 is 0. The smallest absolute Gasteiger partial charge is 0.410 e. The van der Waals surface area contributed by atoms with Gasteiger partial charge in [0.1, 0.15) is 22.3 Å². The molecule has 4 rings (SSSR count). The van der Waals surface area contributed by atoms with Crippen molar-refractivity contribution in [1.82, 2.24) is 34.6 Å². The molecular formula is C44H57N7O20. The van der Waals surface area contributed by atoms with Crippen molar-refractivity contribution in [2.45, 2.75) is 100 Å². The quantitative estimate of drug-likeness (QED) is 0.0404. The summed E-state index contributed by atoms with van der Waals surface area (Å²) in [6, 6.07) is 7.85. The minimum Gasteiger partial charge on any atom is -0.503 e. The lowest BCUT2D eigenvalue weighted by atomic mass is 9.54. The standard InChI is InChI=1S/C44H57N7O20/c1-4-41(45-37(64)65,34-31(61)28(58)12-15-48(34)18-25(55)21-52)44(24-10-8-7-9-11-24,42(5-2,46-38(66)67)35-32(62)29(59)13-16-49(35)19-26(56)22-53)51(40(70)71)43(6-3,47-39(68)69)36-33(63)30(60)14-17-50(36)20-27(57)23-54/h7-17,25-27,45-47,52-57,61-63H,4-6,18-23H2,1-3H3,(H,64,65)(H,66,67)(H,68,69)(H,70,71). The van der Waals surface area contributed by atoms with Crippen molar-refractivity contribution in [2.75, 3.05) is 19.8 Å². The molecule has 0 spiro atoms.